The number of carbonyl (C=O) groups excluding carboxylic acids is 2. The summed E-state index contributed by atoms with van der Waals surface area (Å²) in [5, 5.41) is 5.74. The Balaban J connectivity index is 2.58. The lowest BCUT2D eigenvalue weighted by atomic mass is 10.1. The molecular formula is C15H24N2O2. The van der Waals surface area contributed by atoms with Gasteiger partial charge in [-0.25, -0.2) is 0 Å². The molecule has 0 atom stereocenters. The van der Waals surface area contributed by atoms with E-state index in [-0.39, 0.29) is 11.8 Å². The lowest BCUT2D eigenvalue weighted by Crippen LogP contribution is -2.29. The molecule has 4 nitrogen and oxygen atoms in total. The second-order valence-corrected chi connectivity index (χ2v) is 5.79. The third-order valence-corrected chi connectivity index (χ3v) is 2.68. The maximum absolute atomic E-state index is 11.7. The second kappa shape index (κ2) is 7.12. The van der Waals surface area contributed by atoms with E-state index in [4.69, 9.17) is 0 Å². The van der Waals surface area contributed by atoms with Crippen molar-refractivity contribution >= 4 is 11.8 Å². The summed E-state index contributed by atoms with van der Waals surface area (Å²) >= 11 is 0. The third-order valence-electron chi connectivity index (χ3n) is 2.68. The van der Waals surface area contributed by atoms with Gasteiger partial charge in [-0.3, -0.25) is 9.59 Å². The standard InChI is InChI=1S/C15H24N2O2/c1-10(2)8-14(18)16-12-6-5-7-13(12)17-15(19)9-11(3)4/h5-6,10-11H,7-9H2,1-4H3,(H,16,18)(H,17,19). The molecule has 0 spiro atoms. The van der Waals surface area contributed by atoms with Crippen molar-refractivity contribution in [2.24, 2.45) is 11.8 Å². The molecule has 0 bridgehead atoms. The van der Waals surface area contributed by atoms with E-state index in [0.29, 0.717) is 31.1 Å². The van der Waals surface area contributed by atoms with Crippen LogP contribution in [0.5, 0.6) is 0 Å². The predicted octanol–water partition coefficient (Wildman–Crippen LogP) is 2.48. The molecular weight excluding hydrogens is 240 g/mol. The molecule has 0 fully saturated rings. The van der Waals surface area contributed by atoms with Gasteiger partial charge in [0.15, 0.2) is 0 Å². The zero-order valence-corrected chi connectivity index (χ0v) is 12.2. The first kappa shape index (κ1) is 15.5. The Hall–Kier alpha value is -1.58. The molecule has 19 heavy (non-hydrogen) atoms. The molecule has 1 rings (SSSR count). The molecule has 4 heteroatoms. The Kier molecular flexibility index (Phi) is 5.80. The van der Waals surface area contributed by atoms with Crippen LogP contribution in [0.4, 0.5) is 0 Å². The van der Waals surface area contributed by atoms with Crippen LogP contribution in [0.15, 0.2) is 23.5 Å². The van der Waals surface area contributed by atoms with Gasteiger partial charge in [-0.2, -0.15) is 0 Å². The maximum atomic E-state index is 11.7. The molecule has 0 aliphatic heterocycles. The Morgan fingerprint density at radius 2 is 1.58 bits per heavy atom. The lowest BCUT2D eigenvalue weighted by molar-refractivity contribution is -0.122. The van der Waals surface area contributed by atoms with E-state index in [9.17, 15) is 9.59 Å². The normalized spacial score (nSPS) is 14.4. The van der Waals surface area contributed by atoms with Gasteiger partial charge in [0.25, 0.3) is 0 Å². The molecule has 0 aromatic heterocycles. The van der Waals surface area contributed by atoms with Crippen molar-refractivity contribution in [2.45, 2.75) is 47.0 Å². The zero-order valence-electron chi connectivity index (χ0n) is 12.2. The fourth-order valence-corrected chi connectivity index (χ4v) is 1.90. The number of hydrogen-bond acceptors (Lipinski definition) is 2. The van der Waals surface area contributed by atoms with Crippen LogP contribution in [0, 0.1) is 11.8 Å². The smallest absolute Gasteiger partial charge is 0.224 e. The Bertz CT molecular complexity index is 406. The van der Waals surface area contributed by atoms with Gasteiger partial charge in [0.1, 0.15) is 0 Å². The van der Waals surface area contributed by atoms with Crippen molar-refractivity contribution < 1.29 is 9.59 Å². The first-order valence-electron chi connectivity index (χ1n) is 6.88. The Labute approximate surface area is 115 Å². The second-order valence-electron chi connectivity index (χ2n) is 5.79. The van der Waals surface area contributed by atoms with Gasteiger partial charge in [0.05, 0.1) is 5.70 Å². The minimum Gasteiger partial charge on any atom is -0.327 e. The van der Waals surface area contributed by atoms with Crippen LogP contribution in [-0.4, -0.2) is 11.8 Å². The number of hydrogen-bond donors (Lipinski definition) is 2. The highest BCUT2D eigenvalue weighted by molar-refractivity contribution is 5.81. The van der Waals surface area contributed by atoms with Gasteiger partial charge in [-0.15, -0.1) is 0 Å². The van der Waals surface area contributed by atoms with Gasteiger partial charge >= 0.3 is 0 Å². The molecule has 2 N–H and O–H groups in total. The van der Waals surface area contributed by atoms with Gasteiger partial charge in [0.2, 0.25) is 11.8 Å². The highest BCUT2D eigenvalue weighted by Gasteiger charge is 2.15. The van der Waals surface area contributed by atoms with Gasteiger partial charge in [-0.1, -0.05) is 33.8 Å². The number of allylic oxidation sites excluding steroid dienone is 2. The molecule has 0 saturated heterocycles. The molecule has 1 aliphatic carbocycles. The summed E-state index contributed by atoms with van der Waals surface area (Å²) in [5.74, 6) is 0.648. The van der Waals surface area contributed by atoms with Crippen LogP contribution in [-0.2, 0) is 9.59 Å². The van der Waals surface area contributed by atoms with Crippen molar-refractivity contribution in [1.82, 2.24) is 10.6 Å². The molecule has 0 aromatic rings. The molecule has 106 valence electrons. The minimum atomic E-state index is -0.00726. The highest BCUT2D eigenvalue weighted by Crippen LogP contribution is 2.15. The van der Waals surface area contributed by atoms with Crippen molar-refractivity contribution in [3.05, 3.63) is 23.5 Å². The van der Waals surface area contributed by atoms with E-state index < -0.39 is 0 Å². The monoisotopic (exact) mass is 264 g/mol. The summed E-state index contributed by atoms with van der Waals surface area (Å²) < 4.78 is 0. The average molecular weight is 264 g/mol. The molecule has 1 aliphatic rings. The minimum absolute atomic E-state index is 0.00399. The number of carbonyl (C=O) groups is 2. The third kappa shape index (κ3) is 5.73. The van der Waals surface area contributed by atoms with Crippen molar-refractivity contribution in [3.63, 3.8) is 0 Å². The van der Waals surface area contributed by atoms with E-state index in [1.807, 2.05) is 39.8 Å². The summed E-state index contributed by atoms with van der Waals surface area (Å²) in [6.45, 7) is 8.02. The Morgan fingerprint density at radius 1 is 1.05 bits per heavy atom. The first-order chi connectivity index (χ1) is 8.88. The summed E-state index contributed by atoms with van der Waals surface area (Å²) in [6.07, 6.45) is 5.45. The average Bonchev–Trinajstić information content (AvgIpc) is 2.62. The fraction of sp³-hybridized carbons (Fsp3) is 0.600. The molecule has 2 amide bonds. The number of nitrogens with one attached hydrogen (secondary N) is 2. The van der Waals surface area contributed by atoms with Crippen LogP contribution in [0.25, 0.3) is 0 Å². The van der Waals surface area contributed by atoms with E-state index in [2.05, 4.69) is 10.6 Å². The van der Waals surface area contributed by atoms with Gasteiger partial charge in [-0.05, 0) is 17.9 Å². The predicted molar refractivity (Wildman–Crippen MR) is 76.0 cm³/mol. The fourth-order valence-electron chi connectivity index (χ4n) is 1.90. The SMILES string of the molecule is CC(C)CC(=O)NC1=C(NC(=O)CC(C)C)CC=C1. The van der Waals surface area contributed by atoms with Crippen LogP contribution >= 0.6 is 0 Å². The van der Waals surface area contributed by atoms with Crippen molar-refractivity contribution in [3.8, 4) is 0 Å². The first-order valence-corrected chi connectivity index (χ1v) is 6.88. The highest BCUT2D eigenvalue weighted by atomic mass is 16.2. The van der Waals surface area contributed by atoms with Crippen LogP contribution in [0.2, 0.25) is 0 Å². The maximum Gasteiger partial charge on any atom is 0.224 e. The number of rotatable bonds is 6. The molecule has 0 radical (unpaired) electrons. The topological polar surface area (TPSA) is 58.2 Å². The molecule has 0 unspecified atom stereocenters. The van der Waals surface area contributed by atoms with E-state index in [1.165, 1.54) is 0 Å². The largest absolute Gasteiger partial charge is 0.327 e. The lowest BCUT2D eigenvalue weighted by Gasteiger charge is -2.12. The Morgan fingerprint density at radius 3 is 2.11 bits per heavy atom. The molecule has 0 saturated carbocycles. The van der Waals surface area contributed by atoms with Crippen LogP contribution in [0.1, 0.15) is 47.0 Å². The number of amides is 2. The van der Waals surface area contributed by atoms with Gasteiger partial charge < -0.3 is 10.6 Å². The quantitative estimate of drug-likeness (QED) is 0.774. The zero-order chi connectivity index (χ0) is 14.4. The molecule has 0 aromatic carbocycles. The molecule has 0 heterocycles. The summed E-state index contributed by atoms with van der Waals surface area (Å²) in [5.41, 5.74) is 1.52. The van der Waals surface area contributed by atoms with E-state index in [1.54, 1.807) is 0 Å². The summed E-state index contributed by atoms with van der Waals surface area (Å²) in [4.78, 5) is 23.5. The van der Waals surface area contributed by atoms with E-state index >= 15 is 0 Å². The summed E-state index contributed by atoms with van der Waals surface area (Å²) in [7, 11) is 0. The van der Waals surface area contributed by atoms with Crippen LogP contribution < -0.4 is 10.6 Å². The van der Waals surface area contributed by atoms with Crippen molar-refractivity contribution in [2.75, 3.05) is 0 Å². The summed E-state index contributed by atoms with van der Waals surface area (Å²) in [6, 6.07) is 0. The van der Waals surface area contributed by atoms with E-state index in [0.717, 1.165) is 11.4 Å². The van der Waals surface area contributed by atoms with Gasteiger partial charge in [0, 0.05) is 25.0 Å². The van der Waals surface area contributed by atoms with Crippen molar-refractivity contribution in [1.29, 1.82) is 0 Å². The van der Waals surface area contributed by atoms with Crippen LogP contribution in [0.3, 0.4) is 0 Å².